The Morgan fingerprint density at radius 3 is 2.50 bits per heavy atom. The first-order valence-electron chi connectivity index (χ1n) is 9.11. The van der Waals surface area contributed by atoms with Gasteiger partial charge in [0.2, 0.25) is 5.91 Å². The van der Waals surface area contributed by atoms with E-state index in [2.05, 4.69) is 10.6 Å². The van der Waals surface area contributed by atoms with Gasteiger partial charge in [0, 0.05) is 37.7 Å². The molecule has 0 radical (unpaired) electrons. The number of hydrogen-bond donors (Lipinski definition) is 2. The summed E-state index contributed by atoms with van der Waals surface area (Å²) in [5.74, 6) is 0.209. The van der Waals surface area contributed by atoms with E-state index in [9.17, 15) is 9.59 Å². The summed E-state index contributed by atoms with van der Waals surface area (Å²) in [7, 11) is 0. The summed E-state index contributed by atoms with van der Waals surface area (Å²) in [5, 5.41) is 6.30. The Hall–Kier alpha value is -1.88. The number of carbonyl (C=O) groups excluding carboxylic acids is 2. The molecule has 2 aliphatic heterocycles. The molecule has 1 aromatic carbocycles. The van der Waals surface area contributed by atoms with E-state index < -0.39 is 0 Å². The van der Waals surface area contributed by atoms with Crippen molar-refractivity contribution in [3.05, 3.63) is 35.4 Å². The minimum Gasteiger partial charge on any atom is -0.352 e. The summed E-state index contributed by atoms with van der Waals surface area (Å²) in [6.45, 7) is 3.27. The Labute approximate surface area is 143 Å². The van der Waals surface area contributed by atoms with Crippen LogP contribution >= 0.6 is 0 Å². The summed E-state index contributed by atoms with van der Waals surface area (Å²) < 4.78 is 0. The zero-order valence-corrected chi connectivity index (χ0v) is 14.2. The molecule has 2 saturated heterocycles. The van der Waals surface area contributed by atoms with E-state index >= 15 is 0 Å². The maximum absolute atomic E-state index is 12.4. The molecule has 0 bridgehead atoms. The molecule has 2 fully saturated rings. The van der Waals surface area contributed by atoms with E-state index in [1.807, 2.05) is 29.2 Å². The average Bonchev–Trinajstić information content (AvgIpc) is 3.13. The first-order valence-corrected chi connectivity index (χ1v) is 9.11. The quantitative estimate of drug-likeness (QED) is 0.869. The summed E-state index contributed by atoms with van der Waals surface area (Å²) in [6.07, 6.45) is 6.22. The van der Waals surface area contributed by atoms with Crippen LogP contribution in [0, 0.1) is 0 Å². The van der Waals surface area contributed by atoms with E-state index in [1.54, 1.807) is 0 Å². The molecule has 2 N–H and O–H groups in total. The van der Waals surface area contributed by atoms with Gasteiger partial charge in [0.15, 0.2) is 0 Å². The molecule has 0 aliphatic carbocycles. The fourth-order valence-electron chi connectivity index (χ4n) is 3.47. The van der Waals surface area contributed by atoms with Crippen molar-refractivity contribution in [2.24, 2.45) is 0 Å². The van der Waals surface area contributed by atoms with Gasteiger partial charge in [0.05, 0.1) is 0 Å². The van der Waals surface area contributed by atoms with Crippen LogP contribution in [-0.2, 0) is 11.3 Å². The van der Waals surface area contributed by atoms with Crippen LogP contribution < -0.4 is 10.6 Å². The van der Waals surface area contributed by atoms with Gasteiger partial charge < -0.3 is 15.5 Å². The molecule has 3 rings (SSSR count). The maximum Gasteiger partial charge on any atom is 0.253 e. The smallest absolute Gasteiger partial charge is 0.253 e. The molecule has 5 heteroatoms. The topological polar surface area (TPSA) is 61.4 Å². The standard InChI is InChI=1S/C19H27N3O2/c23-18(13-17-5-4-10-20-17)21-14-15-6-8-16(9-7-15)19(24)22-11-2-1-3-12-22/h6-9,17,20H,1-5,10-14H2,(H,21,23). The number of rotatable bonds is 5. The predicted molar refractivity (Wildman–Crippen MR) is 93.7 cm³/mol. The normalized spacial score (nSPS) is 20.8. The molecule has 0 aromatic heterocycles. The first kappa shape index (κ1) is 17.0. The van der Waals surface area contributed by atoms with Crippen molar-refractivity contribution in [1.29, 1.82) is 0 Å². The molecule has 0 spiro atoms. The lowest BCUT2D eigenvalue weighted by Crippen LogP contribution is -2.35. The molecule has 24 heavy (non-hydrogen) atoms. The van der Waals surface area contributed by atoms with Crippen molar-refractivity contribution in [3.8, 4) is 0 Å². The zero-order chi connectivity index (χ0) is 16.8. The highest BCUT2D eigenvalue weighted by Gasteiger charge is 2.19. The number of carbonyl (C=O) groups is 2. The van der Waals surface area contributed by atoms with Gasteiger partial charge in [-0.3, -0.25) is 9.59 Å². The Morgan fingerprint density at radius 1 is 1.08 bits per heavy atom. The second-order valence-electron chi connectivity index (χ2n) is 6.82. The third kappa shape index (κ3) is 4.57. The van der Waals surface area contributed by atoms with Crippen LogP contribution in [0.5, 0.6) is 0 Å². The highest BCUT2D eigenvalue weighted by molar-refractivity contribution is 5.94. The molecule has 5 nitrogen and oxygen atoms in total. The largest absolute Gasteiger partial charge is 0.352 e. The minimum absolute atomic E-state index is 0.0860. The number of nitrogens with one attached hydrogen (secondary N) is 2. The molecule has 1 aromatic rings. The lowest BCUT2D eigenvalue weighted by atomic mass is 10.1. The van der Waals surface area contributed by atoms with Gasteiger partial charge >= 0.3 is 0 Å². The molecule has 130 valence electrons. The lowest BCUT2D eigenvalue weighted by Gasteiger charge is -2.26. The molecule has 2 heterocycles. The Kier molecular flexibility index (Phi) is 5.86. The van der Waals surface area contributed by atoms with E-state index in [-0.39, 0.29) is 11.8 Å². The Bertz CT molecular complexity index is 558. The molecule has 1 atom stereocenters. The third-order valence-electron chi connectivity index (χ3n) is 4.93. The van der Waals surface area contributed by atoms with Gasteiger partial charge in [0.25, 0.3) is 5.91 Å². The van der Waals surface area contributed by atoms with Crippen molar-refractivity contribution < 1.29 is 9.59 Å². The summed E-state index contributed by atoms with van der Waals surface area (Å²) >= 11 is 0. The predicted octanol–water partition coefficient (Wildman–Crippen LogP) is 2.07. The average molecular weight is 329 g/mol. The lowest BCUT2D eigenvalue weighted by molar-refractivity contribution is -0.121. The molecule has 2 amide bonds. The van der Waals surface area contributed by atoms with Crippen molar-refractivity contribution in [2.75, 3.05) is 19.6 Å². The van der Waals surface area contributed by atoms with Crippen molar-refractivity contribution in [2.45, 2.75) is 51.1 Å². The second-order valence-corrected chi connectivity index (χ2v) is 6.82. The van der Waals surface area contributed by atoms with E-state index in [1.165, 1.54) is 6.42 Å². The molecule has 2 aliphatic rings. The number of hydrogen-bond acceptors (Lipinski definition) is 3. The summed E-state index contributed by atoms with van der Waals surface area (Å²) in [4.78, 5) is 26.3. The Balaban J connectivity index is 1.47. The summed E-state index contributed by atoms with van der Waals surface area (Å²) in [6, 6.07) is 7.94. The van der Waals surface area contributed by atoms with Crippen LogP contribution in [0.1, 0.15) is 54.4 Å². The van der Waals surface area contributed by atoms with Gasteiger partial charge in [-0.2, -0.15) is 0 Å². The van der Waals surface area contributed by atoms with Gasteiger partial charge in [-0.25, -0.2) is 0 Å². The first-order chi connectivity index (χ1) is 11.7. The fourth-order valence-corrected chi connectivity index (χ4v) is 3.47. The highest BCUT2D eigenvalue weighted by Crippen LogP contribution is 2.14. The van der Waals surface area contributed by atoms with Crippen LogP contribution in [0.25, 0.3) is 0 Å². The number of benzene rings is 1. The third-order valence-corrected chi connectivity index (χ3v) is 4.93. The van der Waals surface area contributed by atoms with Crippen LogP contribution in [0.2, 0.25) is 0 Å². The summed E-state index contributed by atoms with van der Waals surface area (Å²) in [5.41, 5.74) is 1.76. The molecular weight excluding hydrogens is 302 g/mol. The number of amides is 2. The maximum atomic E-state index is 12.4. The zero-order valence-electron chi connectivity index (χ0n) is 14.2. The highest BCUT2D eigenvalue weighted by atomic mass is 16.2. The van der Waals surface area contributed by atoms with Crippen LogP contribution in [-0.4, -0.2) is 42.4 Å². The van der Waals surface area contributed by atoms with Gasteiger partial charge in [-0.15, -0.1) is 0 Å². The van der Waals surface area contributed by atoms with E-state index in [0.29, 0.717) is 19.0 Å². The molecule has 1 unspecified atom stereocenters. The number of piperidine rings is 1. The fraction of sp³-hybridized carbons (Fsp3) is 0.579. The number of nitrogens with zero attached hydrogens (tertiary/aromatic N) is 1. The van der Waals surface area contributed by atoms with Crippen molar-refractivity contribution in [1.82, 2.24) is 15.5 Å². The van der Waals surface area contributed by atoms with Crippen molar-refractivity contribution >= 4 is 11.8 Å². The SMILES string of the molecule is O=C(CC1CCCN1)NCc1ccc(C(=O)N2CCCCC2)cc1. The molecule has 0 saturated carbocycles. The van der Waals surface area contributed by atoms with Gasteiger partial charge in [-0.1, -0.05) is 12.1 Å². The van der Waals surface area contributed by atoms with Crippen LogP contribution in [0.4, 0.5) is 0 Å². The number of likely N-dealkylation sites (tertiary alicyclic amines) is 1. The van der Waals surface area contributed by atoms with Crippen LogP contribution in [0.15, 0.2) is 24.3 Å². The van der Waals surface area contributed by atoms with E-state index in [4.69, 9.17) is 0 Å². The van der Waals surface area contributed by atoms with Crippen LogP contribution in [0.3, 0.4) is 0 Å². The van der Waals surface area contributed by atoms with Gasteiger partial charge in [-0.05, 0) is 56.3 Å². The second kappa shape index (κ2) is 8.29. The van der Waals surface area contributed by atoms with Crippen molar-refractivity contribution in [3.63, 3.8) is 0 Å². The monoisotopic (exact) mass is 329 g/mol. The molecular formula is C19H27N3O2. The van der Waals surface area contributed by atoms with Gasteiger partial charge in [0.1, 0.15) is 0 Å². The van der Waals surface area contributed by atoms with E-state index in [0.717, 1.165) is 56.4 Å². The minimum atomic E-state index is 0.0860. The Morgan fingerprint density at radius 2 is 1.83 bits per heavy atom.